The van der Waals surface area contributed by atoms with E-state index in [0.717, 1.165) is 21.8 Å². The summed E-state index contributed by atoms with van der Waals surface area (Å²) in [5.74, 6) is 1.46. The molecule has 0 aliphatic heterocycles. The summed E-state index contributed by atoms with van der Waals surface area (Å²) in [5, 5.41) is 2.36. The molecular weight excluding hydrogens is 420 g/mol. The zero-order valence-electron chi connectivity index (χ0n) is 17.3. The number of carbonyl (C=O) groups is 1. The second-order valence-corrected chi connectivity index (χ2v) is 7.61. The number of pyridine rings is 1. The highest BCUT2D eigenvalue weighted by Gasteiger charge is 2.19. The number of nitrogens with one attached hydrogen (secondary N) is 1. The van der Waals surface area contributed by atoms with E-state index in [0.29, 0.717) is 22.1 Å². The van der Waals surface area contributed by atoms with Gasteiger partial charge >= 0.3 is 6.16 Å². The van der Waals surface area contributed by atoms with Crippen LogP contribution in [0.3, 0.4) is 0 Å². The molecule has 8 heteroatoms. The van der Waals surface area contributed by atoms with Gasteiger partial charge in [-0.25, -0.2) is 9.78 Å². The first-order valence-electron chi connectivity index (χ1n) is 9.68. The van der Waals surface area contributed by atoms with E-state index in [1.54, 1.807) is 51.4 Å². The Morgan fingerprint density at radius 3 is 2.55 bits per heavy atom. The average molecular weight is 441 g/mol. The van der Waals surface area contributed by atoms with Crippen LogP contribution < -0.4 is 9.47 Å². The first-order chi connectivity index (χ1) is 14.9. The second kappa shape index (κ2) is 8.83. The van der Waals surface area contributed by atoms with Gasteiger partial charge in [-0.15, -0.1) is 0 Å². The molecule has 7 nitrogen and oxygen atoms in total. The Bertz CT molecular complexity index is 1230. The SMILES string of the molecule is COCc1c(OC(=O)OC(C)C)ncc2[nH]c3ccc(Oc4ccc(Cl)cc4)cc3c12. The molecular formula is C23H21ClN2O5. The van der Waals surface area contributed by atoms with Crippen molar-refractivity contribution in [3.05, 3.63) is 59.2 Å². The Balaban J connectivity index is 1.78. The molecule has 0 fully saturated rings. The van der Waals surface area contributed by atoms with Gasteiger partial charge in [0.1, 0.15) is 11.5 Å². The molecule has 0 radical (unpaired) electrons. The van der Waals surface area contributed by atoms with Crippen molar-refractivity contribution >= 4 is 39.6 Å². The highest BCUT2D eigenvalue weighted by atomic mass is 35.5. The zero-order chi connectivity index (χ0) is 22.0. The molecule has 0 bridgehead atoms. The van der Waals surface area contributed by atoms with Crippen molar-refractivity contribution in [1.29, 1.82) is 0 Å². The van der Waals surface area contributed by atoms with E-state index < -0.39 is 6.16 Å². The molecule has 0 amide bonds. The maximum absolute atomic E-state index is 12.0. The fourth-order valence-electron chi connectivity index (χ4n) is 3.29. The Labute approximate surface area is 183 Å². The molecule has 31 heavy (non-hydrogen) atoms. The molecule has 1 N–H and O–H groups in total. The summed E-state index contributed by atoms with van der Waals surface area (Å²) in [7, 11) is 1.57. The first kappa shape index (κ1) is 21.0. The van der Waals surface area contributed by atoms with E-state index in [2.05, 4.69) is 9.97 Å². The third-order valence-corrected chi connectivity index (χ3v) is 4.77. The van der Waals surface area contributed by atoms with Gasteiger partial charge < -0.3 is 23.9 Å². The number of H-pyrrole nitrogens is 1. The van der Waals surface area contributed by atoms with Crippen LogP contribution in [-0.2, 0) is 16.1 Å². The number of methoxy groups -OCH3 is 1. The van der Waals surface area contributed by atoms with Gasteiger partial charge in [0, 0.05) is 28.4 Å². The van der Waals surface area contributed by atoms with Crippen molar-refractivity contribution < 1.29 is 23.7 Å². The van der Waals surface area contributed by atoms with Gasteiger partial charge in [0.05, 0.1) is 30.0 Å². The molecule has 0 saturated heterocycles. The number of carbonyl (C=O) groups excluding carboxylic acids is 1. The van der Waals surface area contributed by atoms with Crippen LogP contribution >= 0.6 is 11.6 Å². The molecule has 2 heterocycles. The van der Waals surface area contributed by atoms with Gasteiger partial charge in [-0.05, 0) is 56.3 Å². The lowest BCUT2D eigenvalue weighted by Gasteiger charge is -2.12. The van der Waals surface area contributed by atoms with Crippen LogP contribution in [0.25, 0.3) is 21.8 Å². The summed E-state index contributed by atoms with van der Waals surface area (Å²) < 4.78 is 21.8. The smallest absolute Gasteiger partial charge is 0.457 e. The van der Waals surface area contributed by atoms with Gasteiger partial charge in [-0.3, -0.25) is 0 Å². The van der Waals surface area contributed by atoms with Gasteiger partial charge in [0.2, 0.25) is 5.88 Å². The predicted octanol–water partition coefficient (Wildman–Crippen LogP) is 6.23. The minimum atomic E-state index is -0.814. The highest BCUT2D eigenvalue weighted by Crippen LogP contribution is 2.36. The largest absolute Gasteiger partial charge is 0.515 e. The highest BCUT2D eigenvalue weighted by molar-refractivity contribution is 6.30. The van der Waals surface area contributed by atoms with Crippen LogP contribution in [0.4, 0.5) is 4.79 Å². The fraction of sp³-hybridized carbons (Fsp3) is 0.217. The Morgan fingerprint density at radius 2 is 1.84 bits per heavy atom. The molecule has 0 unspecified atom stereocenters. The molecule has 2 aromatic carbocycles. The number of rotatable bonds is 6. The van der Waals surface area contributed by atoms with Crippen molar-refractivity contribution in [3.63, 3.8) is 0 Å². The predicted molar refractivity (Wildman–Crippen MR) is 118 cm³/mol. The van der Waals surface area contributed by atoms with Crippen molar-refractivity contribution in [2.24, 2.45) is 0 Å². The lowest BCUT2D eigenvalue weighted by atomic mass is 10.1. The molecule has 4 rings (SSSR count). The lowest BCUT2D eigenvalue weighted by Crippen LogP contribution is -2.17. The average Bonchev–Trinajstić information content (AvgIpc) is 3.09. The zero-order valence-corrected chi connectivity index (χ0v) is 18.0. The number of benzene rings is 2. The van der Waals surface area contributed by atoms with E-state index in [9.17, 15) is 4.79 Å². The van der Waals surface area contributed by atoms with Crippen molar-refractivity contribution in [1.82, 2.24) is 9.97 Å². The summed E-state index contributed by atoms with van der Waals surface area (Å²) in [4.78, 5) is 19.6. The van der Waals surface area contributed by atoms with E-state index in [-0.39, 0.29) is 18.6 Å². The summed E-state index contributed by atoms with van der Waals surface area (Å²) in [6.45, 7) is 3.69. The van der Waals surface area contributed by atoms with Crippen molar-refractivity contribution in [2.45, 2.75) is 26.6 Å². The standard InChI is InChI=1S/C23H21ClN2O5/c1-13(2)29-23(27)31-22-18(12-28-3)21-17-10-16(30-15-6-4-14(24)5-7-15)8-9-19(17)26-20(21)11-25-22/h4-11,13,26H,12H2,1-3H3. The molecule has 0 aliphatic rings. The normalized spacial score (nSPS) is 11.3. The van der Waals surface area contributed by atoms with E-state index in [1.807, 2.05) is 18.2 Å². The molecule has 0 atom stereocenters. The van der Waals surface area contributed by atoms with Crippen LogP contribution in [0, 0.1) is 0 Å². The molecule has 160 valence electrons. The first-order valence-corrected chi connectivity index (χ1v) is 10.1. The number of aromatic nitrogens is 2. The Hall–Kier alpha value is -3.29. The van der Waals surface area contributed by atoms with Crippen LogP contribution in [0.15, 0.2) is 48.7 Å². The maximum atomic E-state index is 12.0. The summed E-state index contributed by atoms with van der Waals surface area (Å²) in [6, 6.07) is 12.8. The van der Waals surface area contributed by atoms with Crippen molar-refractivity contribution in [3.8, 4) is 17.4 Å². The van der Waals surface area contributed by atoms with E-state index >= 15 is 0 Å². The van der Waals surface area contributed by atoms with Crippen LogP contribution in [0.1, 0.15) is 19.4 Å². The topological polar surface area (TPSA) is 82.7 Å². The summed E-state index contributed by atoms with van der Waals surface area (Å²) in [6.07, 6.45) is 0.500. The number of fused-ring (bicyclic) bond motifs is 3. The molecule has 4 aromatic rings. The van der Waals surface area contributed by atoms with Crippen molar-refractivity contribution in [2.75, 3.05) is 7.11 Å². The quantitative estimate of drug-likeness (QED) is 0.358. The molecule has 0 aliphatic carbocycles. The molecule has 2 aromatic heterocycles. The molecule has 0 saturated carbocycles. The van der Waals surface area contributed by atoms with Crippen LogP contribution in [-0.4, -0.2) is 29.3 Å². The van der Waals surface area contributed by atoms with Gasteiger partial charge in [0.25, 0.3) is 0 Å². The minimum Gasteiger partial charge on any atom is -0.457 e. The summed E-state index contributed by atoms with van der Waals surface area (Å²) >= 11 is 5.95. The van der Waals surface area contributed by atoms with Gasteiger partial charge in [-0.2, -0.15) is 0 Å². The number of ether oxygens (including phenoxy) is 4. The monoisotopic (exact) mass is 440 g/mol. The third kappa shape index (κ3) is 4.57. The number of nitrogens with zero attached hydrogens (tertiary/aromatic N) is 1. The lowest BCUT2D eigenvalue weighted by molar-refractivity contribution is 0.0705. The minimum absolute atomic E-state index is 0.143. The Morgan fingerprint density at radius 1 is 1.10 bits per heavy atom. The van der Waals surface area contributed by atoms with Gasteiger partial charge in [0.15, 0.2) is 0 Å². The van der Waals surface area contributed by atoms with Crippen LogP contribution in [0.2, 0.25) is 5.02 Å². The summed E-state index contributed by atoms with van der Waals surface area (Å²) in [5.41, 5.74) is 2.31. The fourth-order valence-corrected chi connectivity index (χ4v) is 3.41. The van der Waals surface area contributed by atoms with Crippen LogP contribution in [0.5, 0.6) is 17.4 Å². The van der Waals surface area contributed by atoms with E-state index in [4.69, 9.17) is 30.5 Å². The number of hydrogen-bond acceptors (Lipinski definition) is 6. The number of hydrogen-bond donors (Lipinski definition) is 1. The number of halogens is 1. The third-order valence-electron chi connectivity index (χ3n) is 4.52. The molecule has 0 spiro atoms. The number of aromatic amines is 1. The maximum Gasteiger partial charge on any atom is 0.515 e. The Kier molecular flexibility index (Phi) is 5.97. The van der Waals surface area contributed by atoms with Gasteiger partial charge in [-0.1, -0.05) is 11.6 Å². The second-order valence-electron chi connectivity index (χ2n) is 7.17. The van der Waals surface area contributed by atoms with E-state index in [1.165, 1.54) is 0 Å².